The van der Waals surface area contributed by atoms with E-state index in [1.165, 1.54) is 89.9 Å². The molecule has 1 N–H and O–H groups in total. The summed E-state index contributed by atoms with van der Waals surface area (Å²) in [5.41, 5.74) is 0. The highest BCUT2D eigenvalue weighted by molar-refractivity contribution is 5.72. The highest BCUT2D eigenvalue weighted by Crippen LogP contribution is 2.13. The summed E-state index contributed by atoms with van der Waals surface area (Å²) in [4.78, 5) is 36.8. The molecular weight excluding hydrogens is 642 g/mol. The van der Waals surface area contributed by atoms with Gasteiger partial charge < -0.3 is 23.8 Å². The zero-order valence-corrected chi connectivity index (χ0v) is 33.8. The molecule has 298 valence electrons. The number of aliphatic carboxylic acids is 1. The van der Waals surface area contributed by atoms with Crippen LogP contribution in [0.1, 0.15) is 181 Å². The van der Waals surface area contributed by atoms with Gasteiger partial charge >= 0.3 is 17.9 Å². The molecule has 0 bridgehead atoms. The smallest absolute Gasteiger partial charge is 0.362 e. The van der Waals surface area contributed by atoms with Crippen molar-refractivity contribution in [1.82, 2.24) is 0 Å². The molecule has 0 aliphatic carbocycles. The van der Waals surface area contributed by atoms with Crippen molar-refractivity contribution in [3.05, 3.63) is 24.3 Å². The molecule has 0 saturated heterocycles. The third-order valence-electron chi connectivity index (χ3n) is 9.32. The zero-order valence-electron chi connectivity index (χ0n) is 33.8. The molecular formula is C43H80NO7+. The lowest BCUT2D eigenvalue weighted by molar-refractivity contribution is -0.887. The summed E-state index contributed by atoms with van der Waals surface area (Å²) < 4.78 is 17.2. The van der Waals surface area contributed by atoms with Crippen molar-refractivity contribution in [3.63, 3.8) is 0 Å². The molecule has 2 unspecified atom stereocenters. The van der Waals surface area contributed by atoms with Crippen molar-refractivity contribution in [1.29, 1.82) is 0 Å². The number of hydrogen-bond donors (Lipinski definition) is 1. The van der Waals surface area contributed by atoms with E-state index in [0.717, 1.165) is 57.8 Å². The normalized spacial score (nSPS) is 13.2. The van der Waals surface area contributed by atoms with Crippen molar-refractivity contribution in [2.75, 3.05) is 41.0 Å². The first-order valence-corrected chi connectivity index (χ1v) is 20.9. The number of allylic oxidation sites excluding steroid dienone is 4. The molecule has 0 heterocycles. The SMILES string of the molecule is CCCC/C=C/CCCCCCCC(=O)OC(COCCC(C(=O)O)[N+](C)(C)C)COC(=O)CCCCCCC/C=C/CCCCCCCCC. The lowest BCUT2D eigenvalue weighted by Crippen LogP contribution is -2.50. The van der Waals surface area contributed by atoms with Crippen LogP contribution in [-0.2, 0) is 28.6 Å². The minimum absolute atomic E-state index is 0.0563. The fourth-order valence-corrected chi connectivity index (χ4v) is 6.01. The van der Waals surface area contributed by atoms with E-state index in [1.54, 1.807) is 0 Å². The van der Waals surface area contributed by atoms with Gasteiger partial charge in [-0.1, -0.05) is 128 Å². The average Bonchev–Trinajstić information content (AvgIpc) is 3.08. The van der Waals surface area contributed by atoms with Crippen LogP contribution < -0.4 is 0 Å². The predicted molar refractivity (Wildman–Crippen MR) is 211 cm³/mol. The number of carboxylic acids is 1. The molecule has 0 rings (SSSR count). The third-order valence-corrected chi connectivity index (χ3v) is 9.32. The highest BCUT2D eigenvalue weighted by Gasteiger charge is 2.31. The molecule has 0 aliphatic rings. The molecule has 0 saturated carbocycles. The maximum atomic E-state index is 12.6. The van der Waals surface area contributed by atoms with Crippen LogP contribution in [0.2, 0.25) is 0 Å². The van der Waals surface area contributed by atoms with Gasteiger partial charge in [-0.15, -0.1) is 0 Å². The summed E-state index contributed by atoms with van der Waals surface area (Å²) in [5.74, 6) is -1.49. The number of carbonyl (C=O) groups excluding carboxylic acids is 2. The van der Waals surface area contributed by atoms with Gasteiger partial charge in [-0.2, -0.15) is 0 Å². The molecule has 0 aromatic heterocycles. The number of hydrogen-bond acceptors (Lipinski definition) is 6. The summed E-state index contributed by atoms with van der Waals surface area (Å²) in [7, 11) is 5.52. The first kappa shape index (κ1) is 48.8. The summed E-state index contributed by atoms with van der Waals surface area (Å²) in [5, 5.41) is 9.59. The number of nitrogens with zero attached hydrogens (tertiary/aromatic N) is 1. The average molecular weight is 723 g/mol. The molecule has 51 heavy (non-hydrogen) atoms. The number of carboxylic acid groups (broad SMARTS) is 1. The Morgan fingerprint density at radius 2 is 1.00 bits per heavy atom. The van der Waals surface area contributed by atoms with Gasteiger partial charge in [0.1, 0.15) is 6.61 Å². The Bertz CT molecular complexity index is 895. The van der Waals surface area contributed by atoms with E-state index < -0.39 is 18.1 Å². The number of unbranched alkanes of at least 4 members (excludes halogenated alkanes) is 19. The van der Waals surface area contributed by atoms with E-state index in [4.69, 9.17) is 14.2 Å². The van der Waals surface area contributed by atoms with Gasteiger partial charge in [0, 0.05) is 19.3 Å². The van der Waals surface area contributed by atoms with Gasteiger partial charge in [0.2, 0.25) is 0 Å². The lowest BCUT2D eigenvalue weighted by atomic mass is 10.1. The van der Waals surface area contributed by atoms with Crippen molar-refractivity contribution in [2.45, 2.75) is 193 Å². The van der Waals surface area contributed by atoms with Gasteiger partial charge in [0.25, 0.3) is 0 Å². The minimum atomic E-state index is -0.877. The topological polar surface area (TPSA) is 99.1 Å². The zero-order chi connectivity index (χ0) is 37.8. The maximum absolute atomic E-state index is 12.6. The second-order valence-electron chi connectivity index (χ2n) is 15.2. The Morgan fingerprint density at radius 3 is 1.47 bits per heavy atom. The standard InChI is InChI=1S/C43H79NO7/c1-6-8-10-12-14-16-18-19-20-21-22-24-25-27-29-31-33-41(45)50-38-39(37-49-36-35-40(43(47)48)44(3,4)5)51-42(46)34-32-30-28-26-23-17-15-13-11-9-7-2/h13,15,20-21,39-40H,6-12,14,16-19,22-38H2,1-5H3/p+1/b15-13+,21-20+. The molecule has 8 nitrogen and oxygen atoms in total. The number of ether oxygens (including phenoxy) is 3. The summed E-state index contributed by atoms with van der Waals surface area (Å²) in [6.45, 7) is 4.68. The number of likely N-dealkylation sites (N-methyl/N-ethyl adjacent to an activating group) is 1. The van der Waals surface area contributed by atoms with Crippen LogP contribution in [0.3, 0.4) is 0 Å². The van der Waals surface area contributed by atoms with E-state index in [1.807, 2.05) is 21.1 Å². The van der Waals surface area contributed by atoms with E-state index in [0.29, 0.717) is 19.3 Å². The monoisotopic (exact) mass is 723 g/mol. The van der Waals surface area contributed by atoms with Crippen LogP contribution in [0.15, 0.2) is 24.3 Å². The van der Waals surface area contributed by atoms with Crippen LogP contribution in [0.5, 0.6) is 0 Å². The predicted octanol–water partition coefficient (Wildman–Crippen LogP) is 10.9. The first-order chi connectivity index (χ1) is 24.6. The van der Waals surface area contributed by atoms with E-state index in [-0.39, 0.29) is 36.2 Å². The fourth-order valence-electron chi connectivity index (χ4n) is 6.01. The highest BCUT2D eigenvalue weighted by atomic mass is 16.6. The molecule has 0 aromatic rings. The van der Waals surface area contributed by atoms with Crippen LogP contribution in [-0.4, -0.2) is 80.6 Å². The maximum Gasteiger partial charge on any atom is 0.362 e. The summed E-state index contributed by atoms with van der Waals surface area (Å²) in [6, 6.07) is -0.614. The summed E-state index contributed by atoms with van der Waals surface area (Å²) in [6.07, 6.45) is 36.4. The molecule has 0 aliphatic heterocycles. The first-order valence-electron chi connectivity index (χ1n) is 20.9. The molecule has 2 atom stereocenters. The van der Waals surface area contributed by atoms with Crippen molar-refractivity contribution in [2.24, 2.45) is 0 Å². The van der Waals surface area contributed by atoms with Crippen LogP contribution >= 0.6 is 0 Å². The molecule has 0 fully saturated rings. The van der Waals surface area contributed by atoms with Gasteiger partial charge in [0.15, 0.2) is 12.1 Å². The van der Waals surface area contributed by atoms with Crippen LogP contribution in [0, 0.1) is 0 Å². The number of rotatable bonds is 37. The van der Waals surface area contributed by atoms with Gasteiger partial charge in [0.05, 0.1) is 34.4 Å². The van der Waals surface area contributed by atoms with E-state index in [9.17, 15) is 19.5 Å². The van der Waals surface area contributed by atoms with Gasteiger partial charge in [-0.25, -0.2) is 4.79 Å². The molecule has 8 heteroatoms. The largest absolute Gasteiger partial charge is 0.477 e. The molecule has 0 amide bonds. The van der Waals surface area contributed by atoms with Crippen molar-refractivity contribution >= 4 is 17.9 Å². The Hall–Kier alpha value is -2.19. The van der Waals surface area contributed by atoms with Crippen molar-refractivity contribution < 1.29 is 38.2 Å². The van der Waals surface area contributed by atoms with Gasteiger partial charge in [-0.05, 0) is 57.8 Å². The molecule has 0 radical (unpaired) electrons. The van der Waals surface area contributed by atoms with Gasteiger partial charge in [-0.3, -0.25) is 9.59 Å². The Labute approximate surface area is 313 Å². The quantitative estimate of drug-likeness (QED) is 0.0295. The Morgan fingerprint density at radius 1 is 0.569 bits per heavy atom. The second-order valence-corrected chi connectivity index (χ2v) is 15.2. The molecule has 0 spiro atoms. The number of carbonyl (C=O) groups is 3. The van der Waals surface area contributed by atoms with Crippen molar-refractivity contribution in [3.8, 4) is 0 Å². The third kappa shape index (κ3) is 33.4. The van der Waals surface area contributed by atoms with E-state index >= 15 is 0 Å². The number of esters is 2. The molecule has 0 aromatic carbocycles. The van der Waals surface area contributed by atoms with Crippen LogP contribution in [0.25, 0.3) is 0 Å². The Kier molecular flexibility index (Phi) is 33.4. The minimum Gasteiger partial charge on any atom is -0.477 e. The Balaban J connectivity index is 4.36. The fraction of sp³-hybridized carbons (Fsp3) is 0.837. The second kappa shape index (κ2) is 34.9. The lowest BCUT2D eigenvalue weighted by Gasteiger charge is -2.31. The van der Waals surface area contributed by atoms with E-state index in [2.05, 4.69) is 38.2 Å². The summed E-state index contributed by atoms with van der Waals surface area (Å²) >= 11 is 0. The number of quaternary nitrogens is 1. The van der Waals surface area contributed by atoms with Crippen LogP contribution in [0.4, 0.5) is 0 Å².